The molecule has 0 bridgehead atoms. The van der Waals surface area contributed by atoms with Crippen molar-refractivity contribution in [2.24, 2.45) is 0 Å². The number of benzene rings is 2. The number of imidazole rings is 1. The highest BCUT2D eigenvalue weighted by Crippen LogP contribution is 2.36. The number of rotatable bonds is 4. The molecule has 2 aromatic heterocycles. The highest BCUT2D eigenvalue weighted by Gasteiger charge is 2.22. The zero-order valence-corrected chi connectivity index (χ0v) is 16.5. The Morgan fingerprint density at radius 1 is 1.16 bits per heavy atom. The molecule has 154 valence electrons. The SMILES string of the molecule is COc1cc(Nc2ncc3c(n2)-c2ccc(-c4ncc[nH]4)cc2NC(=O)C3)ccc1O. The van der Waals surface area contributed by atoms with Gasteiger partial charge in [-0.05, 0) is 24.3 Å². The van der Waals surface area contributed by atoms with Crippen molar-refractivity contribution in [3.8, 4) is 34.1 Å². The van der Waals surface area contributed by atoms with Crippen molar-refractivity contribution in [1.82, 2.24) is 19.9 Å². The lowest BCUT2D eigenvalue weighted by Gasteiger charge is -2.12. The van der Waals surface area contributed by atoms with Gasteiger partial charge in [0.2, 0.25) is 11.9 Å². The normalized spacial score (nSPS) is 12.4. The van der Waals surface area contributed by atoms with Crippen LogP contribution in [0, 0.1) is 0 Å². The number of hydrogen-bond donors (Lipinski definition) is 4. The molecule has 1 aliphatic rings. The van der Waals surface area contributed by atoms with Gasteiger partial charge in [0.25, 0.3) is 0 Å². The smallest absolute Gasteiger partial charge is 0.228 e. The van der Waals surface area contributed by atoms with E-state index in [0.29, 0.717) is 34.6 Å². The van der Waals surface area contributed by atoms with Crippen LogP contribution in [-0.4, -0.2) is 38.1 Å². The Morgan fingerprint density at radius 2 is 2.06 bits per heavy atom. The van der Waals surface area contributed by atoms with Crippen molar-refractivity contribution in [2.45, 2.75) is 6.42 Å². The second kappa shape index (κ2) is 7.45. The molecular formula is C22H18N6O3. The zero-order valence-electron chi connectivity index (χ0n) is 16.5. The molecule has 0 aliphatic carbocycles. The topological polar surface area (TPSA) is 125 Å². The summed E-state index contributed by atoms with van der Waals surface area (Å²) < 4.78 is 5.15. The monoisotopic (exact) mass is 414 g/mol. The molecule has 9 nitrogen and oxygen atoms in total. The van der Waals surface area contributed by atoms with E-state index in [4.69, 9.17) is 4.74 Å². The number of amides is 1. The summed E-state index contributed by atoms with van der Waals surface area (Å²) in [5, 5.41) is 15.9. The molecule has 4 aromatic rings. The molecule has 3 heterocycles. The minimum absolute atomic E-state index is 0.0433. The van der Waals surface area contributed by atoms with Crippen molar-refractivity contribution < 1.29 is 14.6 Å². The van der Waals surface area contributed by atoms with Crippen LogP contribution in [0.2, 0.25) is 0 Å². The first-order valence-corrected chi connectivity index (χ1v) is 9.54. The minimum Gasteiger partial charge on any atom is -0.504 e. The fourth-order valence-electron chi connectivity index (χ4n) is 3.51. The number of anilines is 3. The molecule has 0 unspecified atom stereocenters. The fourth-order valence-corrected chi connectivity index (χ4v) is 3.51. The van der Waals surface area contributed by atoms with Gasteiger partial charge in [-0.1, -0.05) is 6.07 Å². The predicted octanol–water partition coefficient (Wildman–Crippen LogP) is 3.49. The molecule has 0 radical (unpaired) electrons. The van der Waals surface area contributed by atoms with Crippen molar-refractivity contribution in [2.75, 3.05) is 17.7 Å². The first-order valence-electron chi connectivity index (χ1n) is 9.54. The Bertz CT molecular complexity index is 1290. The number of nitrogens with zero attached hydrogens (tertiary/aromatic N) is 3. The predicted molar refractivity (Wildman–Crippen MR) is 115 cm³/mol. The Balaban J connectivity index is 1.55. The standard InChI is InChI=1S/C22H18N6O3/c1-31-18-10-14(3-5-17(18)29)26-22-25-11-13-9-19(30)27-16-8-12(21-23-6-7-24-21)2-4-15(16)20(13)28-22/h2-8,10-11,29H,9H2,1H3,(H,23,24)(H,27,30)(H,25,26,28). The number of carbonyl (C=O) groups is 1. The van der Waals surface area contributed by atoms with E-state index in [1.807, 2.05) is 18.2 Å². The lowest BCUT2D eigenvalue weighted by molar-refractivity contribution is -0.115. The van der Waals surface area contributed by atoms with Gasteiger partial charge >= 0.3 is 0 Å². The molecule has 0 spiro atoms. The number of methoxy groups -OCH3 is 1. The van der Waals surface area contributed by atoms with Gasteiger partial charge in [0.15, 0.2) is 11.5 Å². The van der Waals surface area contributed by atoms with Gasteiger partial charge in [-0.25, -0.2) is 15.0 Å². The summed E-state index contributed by atoms with van der Waals surface area (Å²) in [4.78, 5) is 28.8. The average Bonchev–Trinajstić information content (AvgIpc) is 3.27. The van der Waals surface area contributed by atoms with Gasteiger partial charge in [-0.15, -0.1) is 0 Å². The molecule has 1 aliphatic heterocycles. The maximum absolute atomic E-state index is 12.4. The van der Waals surface area contributed by atoms with E-state index in [9.17, 15) is 9.90 Å². The number of hydrogen-bond acceptors (Lipinski definition) is 7. The van der Waals surface area contributed by atoms with E-state index < -0.39 is 0 Å². The van der Waals surface area contributed by atoms with E-state index in [0.717, 1.165) is 16.7 Å². The summed E-state index contributed by atoms with van der Waals surface area (Å²) in [6.07, 6.45) is 5.25. The molecule has 0 saturated carbocycles. The van der Waals surface area contributed by atoms with E-state index in [-0.39, 0.29) is 18.1 Å². The third-order valence-electron chi connectivity index (χ3n) is 4.97. The molecule has 5 rings (SSSR count). The van der Waals surface area contributed by atoms with E-state index >= 15 is 0 Å². The van der Waals surface area contributed by atoms with Crippen LogP contribution in [0.4, 0.5) is 17.3 Å². The van der Waals surface area contributed by atoms with Crippen LogP contribution in [0.15, 0.2) is 55.0 Å². The van der Waals surface area contributed by atoms with Gasteiger partial charge in [0.05, 0.1) is 24.9 Å². The number of ether oxygens (including phenoxy) is 1. The summed E-state index contributed by atoms with van der Waals surface area (Å²) in [6, 6.07) is 10.6. The molecule has 1 amide bonds. The van der Waals surface area contributed by atoms with Crippen LogP contribution >= 0.6 is 0 Å². The molecule has 0 fully saturated rings. The van der Waals surface area contributed by atoms with Crippen molar-refractivity contribution >= 4 is 23.2 Å². The Kier molecular flexibility index (Phi) is 4.47. The molecule has 0 atom stereocenters. The number of aromatic amines is 1. The summed E-state index contributed by atoms with van der Waals surface area (Å²) in [6.45, 7) is 0. The molecule has 31 heavy (non-hydrogen) atoms. The number of fused-ring (bicyclic) bond motifs is 3. The minimum atomic E-state index is -0.135. The number of phenolic OH excluding ortho intramolecular Hbond substituents is 1. The maximum Gasteiger partial charge on any atom is 0.228 e. The van der Waals surface area contributed by atoms with Crippen molar-refractivity contribution in [3.63, 3.8) is 0 Å². The summed E-state index contributed by atoms with van der Waals surface area (Å²) >= 11 is 0. The molecule has 4 N–H and O–H groups in total. The van der Waals surface area contributed by atoms with Crippen molar-refractivity contribution in [1.29, 1.82) is 0 Å². The van der Waals surface area contributed by atoms with Crippen LogP contribution in [0.1, 0.15) is 5.56 Å². The lowest BCUT2D eigenvalue weighted by Crippen LogP contribution is -2.12. The Labute approximate surface area is 177 Å². The largest absolute Gasteiger partial charge is 0.504 e. The second-order valence-electron chi connectivity index (χ2n) is 7.00. The number of phenols is 1. The molecule has 2 aromatic carbocycles. The highest BCUT2D eigenvalue weighted by molar-refractivity contribution is 6.00. The summed E-state index contributed by atoms with van der Waals surface area (Å²) in [5.74, 6) is 1.33. The van der Waals surface area contributed by atoms with Gasteiger partial charge < -0.3 is 25.5 Å². The van der Waals surface area contributed by atoms with Crippen LogP contribution in [0.5, 0.6) is 11.5 Å². The van der Waals surface area contributed by atoms with E-state index in [1.54, 1.807) is 30.7 Å². The first-order chi connectivity index (χ1) is 15.1. The lowest BCUT2D eigenvalue weighted by atomic mass is 10.0. The zero-order chi connectivity index (χ0) is 21.4. The number of nitrogens with one attached hydrogen (secondary N) is 3. The number of carbonyl (C=O) groups excluding carboxylic acids is 1. The van der Waals surface area contributed by atoms with Gasteiger partial charge in [0.1, 0.15) is 5.82 Å². The van der Waals surface area contributed by atoms with Crippen molar-refractivity contribution in [3.05, 3.63) is 60.6 Å². The second-order valence-corrected chi connectivity index (χ2v) is 7.00. The Morgan fingerprint density at radius 3 is 2.87 bits per heavy atom. The number of H-pyrrole nitrogens is 1. The molecule has 0 saturated heterocycles. The average molecular weight is 414 g/mol. The van der Waals surface area contributed by atoms with Crippen LogP contribution in [0.3, 0.4) is 0 Å². The van der Waals surface area contributed by atoms with Crippen LogP contribution < -0.4 is 15.4 Å². The third-order valence-corrected chi connectivity index (χ3v) is 4.97. The summed E-state index contributed by atoms with van der Waals surface area (Å²) in [7, 11) is 1.48. The number of aromatic hydroxyl groups is 1. The third kappa shape index (κ3) is 3.52. The molecule has 9 heteroatoms. The number of aromatic nitrogens is 4. The van der Waals surface area contributed by atoms with Crippen LogP contribution in [-0.2, 0) is 11.2 Å². The maximum atomic E-state index is 12.4. The van der Waals surface area contributed by atoms with E-state index in [2.05, 4.69) is 30.6 Å². The van der Waals surface area contributed by atoms with Gasteiger partial charge in [-0.3, -0.25) is 4.79 Å². The fraction of sp³-hybridized carbons (Fsp3) is 0.0909. The first kappa shape index (κ1) is 18.6. The quantitative estimate of drug-likeness (QED) is 0.377. The molecular weight excluding hydrogens is 396 g/mol. The van der Waals surface area contributed by atoms with E-state index in [1.165, 1.54) is 13.2 Å². The van der Waals surface area contributed by atoms with Gasteiger partial charge in [0, 0.05) is 47.0 Å². The Hall–Kier alpha value is -4.40. The summed E-state index contributed by atoms with van der Waals surface area (Å²) in [5.41, 5.74) is 4.37. The highest BCUT2D eigenvalue weighted by atomic mass is 16.5. The van der Waals surface area contributed by atoms with Crippen LogP contribution in [0.25, 0.3) is 22.6 Å². The van der Waals surface area contributed by atoms with Gasteiger partial charge in [-0.2, -0.15) is 0 Å².